The third-order valence-electron chi connectivity index (χ3n) is 19.2. The Balaban J connectivity index is 0.000000170. The van der Waals surface area contributed by atoms with Crippen LogP contribution in [0.4, 0.5) is 11.4 Å². The van der Waals surface area contributed by atoms with Crippen LogP contribution in [0.5, 0.6) is 0 Å². The highest BCUT2D eigenvalue weighted by atomic mass is 79.9. The Kier molecular flexibility index (Phi) is 27.8. The van der Waals surface area contributed by atoms with Gasteiger partial charge in [0.2, 0.25) is 35.4 Å². The lowest BCUT2D eigenvalue weighted by molar-refractivity contribution is -0.154. The fourth-order valence-electron chi connectivity index (χ4n) is 13.8. The number of rotatable bonds is 23. The zero-order valence-corrected chi connectivity index (χ0v) is 60.9. The second-order valence-corrected chi connectivity index (χ2v) is 28.5. The van der Waals surface area contributed by atoms with Crippen LogP contribution in [-0.2, 0) is 54.3 Å². The van der Waals surface area contributed by atoms with E-state index in [1.807, 2.05) is 26.8 Å². The number of ketones is 1. The predicted octanol–water partition coefficient (Wildman–Crippen LogP) is 1.73. The smallest absolute Gasteiger partial charge is 0.307 e. The number of carboxylic acid groups (broad SMARTS) is 1. The van der Waals surface area contributed by atoms with Crippen LogP contribution in [0, 0.1) is 0 Å². The molecule has 3 unspecified atom stereocenters. The summed E-state index contributed by atoms with van der Waals surface area (Å²) in [5.74, 6) is -6.65. The number of piperidine rings is 3. The van der Waals surface area contributed by atoms with Crippen molar-refractivity contribution in [2.75, 3.05) is 140 Å². The maximum absolute atomic E-state index is 13.1. The van der Waals surface area contributed by atoms with Gasteiger partial charge in [0, 0.05) is 160 Å². The minimum Gasteiger partial charge on any atom is -0.481 e. The Morgan fingerprint density at radius 2 is 0.865 bits per heavy atom. The number of ether oxygens (including phenoxy) is 1. The molecule has 0 saturated carbocycles. The SMILES string of the molecule is CC(=O)CCN1CCN(CCNc2cccc3c2C(=O)N(C2CCC(=O)NC2=O)C3=O)CC1.CC(C)(C)OC(=O)CCBr.O=C(O)CCN1CCN(CCNc2cccc3c2C(=O)N(C2CCC(=O)NC2=O)C3=O)CC1.O=C1CCC(N2C(=O)c3cccc(CCCN4CCNCC4)c3C2=O)C(=O)N1. The van der Waals surface area contributed by atoms with E-state index in [1.165, 1.54) is 0 Å². The number of alkyl halides is 1. The van der Waals surface area contributed by atoms with Crippen molar-refractivity contribution in [1.82, 2.24) is 60.5 Å². The van der Waals surface area contributed by atoms with Gasteiger partial charge in [0.1, 0.15) is 29.5 Å². The molecule has 560 valence electrons. The van der Waals surface area contributed by atoms with Crippen LogP contribution in [0.2, 0.25) is 0 Å². The number of piperazine rings is 3. The van der Waals surface area contributed by atoms with E-state index in [2.05, 4.69) is 72.3 Å². The van der Waals surface area contributed by atoms with Crippen LogP contribution >= 0.6 is 15.9 Å². The largest absolute Gasteiger partial charge is 0.481 e. The zero-order valence-electron chi connectivity index (χ0n) is 59.3. The lowest BCUT2D eigenvalue weighted by atomic mass is 9.99. The van der Waals surface area contributed by atoms with Crippen molar-refractivity contribution in [2.45, 2.75) is 122 Å². The van der Waals surface area contributed by atoms with Crippen molar-refractivity contribution >= 4 is 116 Å². The molecule has 32 heteroatoms. The topological polar surface area (TPSA) is 384 Å². The summed E-state index contributed by atoms with van der Waals surface area (Å²) in [7, 11) is 0. The summed E-state index contributed by atoms with van der Waals surface area (Å²) in [5, 5.41) is 26.0. The standard InChI is InChI=1S/C23H29N5O5.C22H27N5O6.C20H24N4O4.C7H13BrO2/c1-15(29)7-9-26-11-13-27(14-12-26)10-8-24-17-4-2-3-16-20(17)23(33)28(22(16)32)18-5-6-19(30)25-21(18)31;28-17-5-4-16(20(31)24-17)27-21(32)14-2-1-3-15(19(14)22(27)33)23-7-9-26-12-10-25(11-13-26)8-6-18(29)30;25-16-7-6-15(18(26)22-16)24-19(27)14-5-1-3-13(17(14)20(24)28)4-2-10-23-11-8-21-9-12-23;1-7(2,3)10-6(9)4-5-8/h2-4,18,24H,5-14H2,1H3,(H,25,30,31);1-3,16,23H,4-13H2,(H,29,30)(H,24,28,31);1,3,5,15,21H,2,4,6-12H2,(H,22,25,26);4-5H2,1-3H3. The van der Waals surface area contributed by atoms with Gasteiger partial charge in [-0.15, -0.1) is 0 Å². The fraction of sp³-hybridized carbons (Fsp3) is 0.542. The summed E-state index contributed by atoms with van der Waals surface area (Å²) in [6, 6.07) is 12.5. The van der Waals surface area contributed by atoms with E-state index in [1.54, 1.807) is 55.5 Å². The molecule has 12 rings (SSSR count). The molecule has 104 heavy (non-hydrogen) atoms. The Morgan fingerprint density at radius 1 is 0.490 bits per heavy atom. The van der Waals surface area contributed by atoms with Crippen LogP contribution in [0.25, 0.3) is 0 Å². The summed E-state index contributed by atoms with van der Waals surface area (Å²) in [4.78, 5) is 196. The molecule has 9 heterocycles. The number of hydrogen-bond acceptors (Lipinski definition) is 24. The predicted molar refractivity (Wildman–Crippen MR) is 382 cm³/mol. The van der Waals surface area contributed by atoms with Gasteiger partial charge in [-0.2, -0.15) is 0 Å². The Labute approximate surface area is 611 Å². The molecular weight excluding hydrogens is 1410 g/mol. The fourth-order valence-corrected chi connectivity index (χ4v) is 14.1. The molecule has 0 radical (unpaired) electrons. The molecular formula is C72H93BrN14O17. The van der Waals surface area contributed by atoms with Gasteiger partial charge in [-0.05, 0) is 102 Å². The van der Waals surface area contributed by atoms with E-state index in [4.69, 9.17) is 9.84 Å². The highest BCUT2D eigenvalue weighted by Gasteiger charge is 2.49. The summed E-state index contributed by atoms with van der Waals surface area (Å²) in [6.45, 7) is 23.1. The first-order valence-electron chi connectivity index (χ1n) is 35.5. The number of carbonyl (C=O) groups excluding carboxylic acids is 14. The van der Waals surface area contributed by atoms with E-state index in [-0.39, 0.29) is 90.5 Å². The summed E-state index contributed by atoms with van der Waals surface area (Å²) in [6.07, 6.45) is 3.51. The number of amides is 12. The number of nitrogens with zero attached hydrogens (tertiary/aromatic N) is 8. The molecule has 9 aliphatic heterocycles. The summed E-state index contributed by atoms with van der Waals surface area (Å²) >= 11 is 3.16. The number of nitrogens with one attached hydrogen (secondary N) is 6. The number of aliphatic carboxylic acids is 1. The third-order valence-corrected chi connectivity index (χ3v) is 19.6. The lowest BCUT2D eigenvalue weighted by Crippen LogP contribution is -2.54. The average Bonchev–Trinajstić information content (AvgIpc) is 1.62. The molecule has 0 aromatic heterocycles. The number of carboxylic acids is 1. The average molecular weight is 1510 g/mol. The molecule has 0 spiro atoms. The maximum Gasteiger partial charge on any atom is 0.307 e. The zero-order chi connectivity index (χ0) is 74.9. The van der Waals surface area contributed by atoms with Crippen molar-refractivity contribution in [3.63, 3.8) is 0 Å². The second kappa shape index (κ2) is 36.6. The first kappa shape index (κ1) is 79.1. The van der Waals surface area contributed by atoms with Crippen LogP contribution in [0.15, 0.2) is 54.6 Å². The minimum atomic E-state index is -0.986. The molecule has 0 bridgehead atoms. The van der Waals surface area contributed by atoms with E-state index in [0.29, 0.717) is 66.7 Å². The van der Waals surface area contributed by atoms with Gasteiger partial charge in [-0.1, -0.05) is 40.2 Å². The number of imide groups is 6. The number of anilines is 2. The number of Topliss-reactive ketones (excluding diaryl/α,β-unsaturated/α-hetero) is 1. The van der Waals surface area contributed by atoms with Crippen LogP contribution in [0.3, 0.4) is 0 Å². The number of aryl methyl sites for hydroxylation is 1. The molecule has 12 amide bonds. The number of hydrogen-bond donors (Lipinski definition) is 7. The molecule has 3 aromatic carbocycles. The van der Waals surface area contributed by atoms with Gasteiger partial charge in [0.25, 0.3) is 35.4 Å². The monoisotopic (exact) mass is 1500 g/mol. The van der Waals surface area contributed by atoms with E-state index < -0.39 is 89.1 Å². The minimum absolute atomic E-state index is 0.0818. The van der Waals surface area contributed by atoms with Gasteiger partial charge >= 0.3 is 11.9 Å². The van der Waals surface area contributed by atoms with Crippen LogP contribution in [0.1, 0.15) is 160 Å². The quantitative estimate of drug-likeness (QED) is 0.0404. The van der Waals surface area contributed by atoms with E-state index in [0.717, 1.165) is 131 Å². The lowest BCUT2D eigenvalue weighted by Gasteiger charge is -2.34. The molecule has 3 atom stereocenters. The van der Waals surface area contributed by atoms with E-state index in [9.17, 15) is 71.9 Å². The summed E-state index contributed by atoms with van der Waals surface area (Å²) < 4.78 is 5.01. The Morgan fingerprint density at radius 3 is 1.25 bits per heavy atom. The number of esters is 1. The van der Waals surface area contributed by atoms with Gasteiger partial charge < -0.3 is 40.5 Å². The molecule has 9 aliphatic rings. The van der Waals surface area contributed by atoms with Gasteiger partial charge in [0.05, 0.1) is 46.2 Å². The van der Waals surface area contributed by atoms with Gasteiger partial charge in [-0.25, -0.2) is 0 Å². The molecule has 31 nitrogen and oxygen atoms in total. The molecule has 0 aliphatic carbocycles. The highest BCUT2D eigenvalue weighted by molar-refractivity contribution is 9.09. The van der Waals surface area contributed by atoms with Crippen LogP contribution < -0.4 is 31.9 Å². The Hall–Kier alpha value is -9.05. The van der Waals surface area contributed by atoms with Crippen LogP contribution in [-0.4, -0.2) is 286 Å². The molecule has 7 N–H and O–H groups in total. The van der Waals surface area contributed by atoms with Crippen molar-refractivity contribution in [2.24, 2.45) is 0 Å². The number of benzene rings is 3. The summed E-state index contributed by atoms with van der Waals surface area (Å²) in [5.41, 5.74) is 3.44. The molecule has 3 aromatic rings. The molecule has 6 fully saturated rings. The van der Waals surface area contributed by atoms with Crippen molar-refractivity contribution < 1.29 is 81.8 Å². The first-order chi connectivity index (χ1) is 49.7. The first-order valence-corrected chi connectivity index (χ1v) is 36.7. The van der Waals surface area contributed by atoms with Crippen molar-refractivity contribution in [3.05, 3.63) is 93.5 Å². The highest BCUT2D eigenvalue weighted by Crippen LogP contribution is 2.35. The number of halogens is 1. The number of fused-ring (bicyclic) bond motifs is 3. The Bertz CT molecular complexity index is 3650. The number of carbonyl (C=O) groups is 15. The van der Waals surface area contributed by atoms with Crippen molar-refractivity contribution in [3.8, 4) is 0 Å². The van der Waals surface area contributed by atoms with Crippen molar-refractivity contribution in [1.29, 1.82) is 0 Å². The normalized spacial score (nSPS) is 21.2. The van der Waals surface area contributed by atoms with Gasteiger partial charge in [-0.3, -0.25) is 112 Å². The maximum atomic E-state index is 13.1. The second-order valence-electron chi connectivity index (χ2n) is 27.7. The third kappa shape index (κ3) is 20.5. The van der Waals surface area contributed by atoms with Gasteiger partial charge in [0.15, 0.2) is 0 Å². The molecule has 6 saturated heterocycles. The van der Waals surface area contributed by atoms with E-state index >= 15 is 0 Å².